The number of methoxy groups -OCH3 is 1. The quantitative estimate of drug-likeness (QED) is 0.544. The fraction of sp³-hybridized carbons (Fsp3) is 0.478. The molecule has 0 bridgehead atoms. The molecule has 1 fully saturated rings. The summed E-state index contributed by atoms with van der Waals surface area (Å²) in [6.45, 7) is 1.44. The lowest BCUT2D eigenvalue weighted by Gasteiger charge is -2.33. The Bertz CT molecular complexity index is 1170. The van der Waals surface area contributed by atoms with E-state index >= 15 is 0 Å². The van der Waals surface area contributed by atoms with Gasteiger partial charge in [0, 0.05) is 31.1 Å². The number of aromatic nitrogens is 4. The third-order valence-electron chi connectivity index (χ3n) is 6.28. The topological polar surface area (TPSA) is 87.9 Å². The predicted molar refractivity (Wildman–Crippen MR) is 123 cm³/mol. The third kappa shape index (κ3) is 5.31. The molecule has 35 heavy (non-hydrogen) atoms. The van der Waals surface area contributed by atoms with Crippen molar-refractivity contribution in [3.8, 4) is 5.75 Å². The lowest BCUT2D eigenvalue weighted by molar-refractivity contribution is -0.146. The van der Waals surface area contributed by atoms with Crippen LogP contribution in [0.3, 0.4) is 0 Å². The number of ether oxygens (including phenoxy) is 1. The number of nitrogens with zero attached hydrogens (tertiary/aromatic N) is 6. The molecule has 1 amide bonds. The zero-order valence-electron chi connectivity index (χ0n) is 19.8. The number of fused-ring (bicyclic) bond motifs is 1. The zero-order valence-corrected chi connectivity index (χ0v) is 19.8. The molecular weight excluding hydrogens is 463 g/mol. The van der Waals surface area contributed by atoms with Crippen LogP contribution in [-0.4, -0.2) is 71.5 Å². The minimum Gasteiger partial charge on any atom is -0.496 e. The molecule has 9 nitrogen and oxygen atoms in total. The van der Waals surface area contributed by atoms with Crippen molar-refractivity contribution in [2.45, 2.75) is 25.1 Å². The van der Waals surface area contributed by atoms with Gasteiger partial charge in [-0.15, -0.1) is 15.3 Å². The normalized spacial score (nSPS) is 16.0. The highest BCUT2D eigenvalue weighted by Gasteiger charge is 2.38. The molecule has 12 heteroatoms. The number of alkyl halides is 3. The Labute approximate surface area is 200 Å². The summed E-state index contributed by atoms with van der Waals surface area (Å²) in [6, 6.07) is 10.8. The SMILES string of the molecule is COc1ccccc1[C@H](CNC(=O)C1CCN(c2ccc3nnc(C(F)(F)F)n3n2)CC1)N(C)C. The molecule has 3 heterocycles. The molecule has 188 valence electrons. The van der Waals surface area contributed by atoms with Crippen LogP contribution >= 0.6 is 0 Å². The van der Waals surface area contributed by atoms with Crippen LogP contribution in [0.25, 0.3) is 5.65 Å². The molecule has 0 unspecified atom stereocenters. The molecule has 1 N–H and O–H groups in total. The monoisotopic (exact) mass is 491 g/mol. The Morgan fingerprint density at radius 1 is 1.17 bits per heavy atom. The van der Waals surface area contributed by atoms with E-state index in [1.807, 2.05) is 48.2 Å². The highest BCUT2D eigenvalue weighted by Crippen LogP contribution is 2.30. The molecule has 3 aromatic rings. The van der Waals surface area contributed by atoms with Crippen molar-refractivity contribution in [1.29, 1.82) is 0 Å². The van der Waals surface area contributed by atoms with Crippen molar-refractivity contribution in [2.24, 2.45) is 5.92 Å². The summed E-state index contributed by atoms with van der Waals surface area (Å²) in [5, 5.41) is 13.9. The van der Waals surface area contributed by atoms with Crippen molar-refractivity contribution in [2.75, 3.05) is 45.7 Å². The number of carbonyl (C=O) groups is 1. The van der Waals surface area contributed by atoms with Gasteiger partial charge in [0.25, 0.3) is 5.82 Å². The number of likely N-dealkylation sites (N-methyl/N-ethyl adjacent to an activating group) is 1. The second kappa shape index (κ2) is 10.1. The second-order valence-corrected chi connectivity index (χ2v) is 8.71. The first-order chi connectivity index (χ1) is 16.7. The summed E-state index contributed by atoms with van der Waals surface area (Å²) in [4.78, 5) is 16.8. The molecule has 0 aliphatic carbocycles. The lowest BCUT2D eigenvalue weighted by atomic mass is 9.95. The predicted octanol–water partition coefficient (Wildman–Crippen LogP) is 2.79. The number of nitrogens with one attached hydrogen (secondary N) is 1. The van der Waals surface area contributed by atoms with Gasteiger partial charge in [-0.3, -0.25) is 4.79 Å². The Hall–Kier alpha value is -3.41. The smallest absolute Gasteiger partial charge is 0.453 e. The van der Waals surface area contributed by atoms with Crippen molar-refractivity contribution in [3.05, 3.63) is 47.8 Å². The number of piperidine rings is 1. The Morgan fingerprint density at radius 2 is 1.89 bits per heavy atom. The van der Waals surface area contributed by atoms with E-state index in [0.29, 0.717) is 42.8 Å². The van der Waals surface area contributed by atoms with E-state index in [1.54, 1.807) is 13.2 Å². The number of rotatable bonds is 7. The molecule has 1 atom stereocenters. The molecule has 2 aromatic heterocycles. The van der Waals surface area contributed by atoms with Crippen LogP contribution in [0.15, 0.2) is 36.4 Å². The van der Waals surface area contributed by atoms with E-state index in [0.717, 1.165) is 11.3 Å². The van der Waals surface area contributed by atoms with Crippen LogP contribution in [0.4, 0.5) is 19.0 Å². The summed E-state index contributed by atoms with van der Waals surface area (Å²) >= 11 is 0. The molecule has 0 saturated carbocycles. The summed E-state index contributed by atoms with van der Waals surface area (Å²) in [5.41, 5.74) is 1.02. The van der Waals surface area contributed by atoms with E-state index in [4.69, 9.17) is 4.74 Å². The van der Waals surface area contributed by atoms with Gasteiger partial charge in [0.2, 0.25) is 5.91 Å². The highest BCUT2D eigenvalue weighted by atomic mass is 19.4. The average molecular weight is 492 g/mol. The number of carbonyl (C=O) groups excluding carboxylic acids is 1. The first-order valence-electron chi connectivity index (χ1n) is 11.3. The molecule has 0 spiro atoms. The van der Waals surface area contributed by atoms with Gasteiger partial charge in [-0.1, -0.05) is 18.2 Å². The molecule has 1 aliphatic heterocycles. The summed E-state index contributed by atoms with van der Waals surface area (Å²) in [5.74, 6) is -0.219. The van der Waals surface area contributed by atoms with Gasteiger partial charge in [0.1, 0.15) is 11.6 Å². The number of anilines is 1. The Morgan fingerprint density at radius 3 is 2.54 bits per heavy atom. The molecule has 1 aromatic carbocycles. The number of benzene rings is 1. The molecule has 1 saturated heterocycles. The fourth-order valence-corrected chi connectivity index (χ4v) is 4.35. The fourth-order valence-electron chi connectivity index (χ4n) is 4.35. The largest absolute Gasteiger partial charge is 0.496 e. The van der Waals surface area contributed by atoms with Gasteiger partial charge >= 0.3 is 6.18 Å². The van der Waals surface area contributed by atoms with Gasteiger partial charge in [0.15, 0.2) is 5.65 Å². The average Bonchev–Trinajstić information content (AvgIpc) is 3.28. The van der Waals surface area contributed by atoms with Crippen molar-refractivity contribution in [1.82, 2.24) is 30.0 Å². The van der Waals surface area contributed by atoms with Gasteiger partial charge < -0.3 is 19.9 Å². The van der Waals surface area contributed by atoms with Gasteiger partial charge in [-0.2, -0.15) is 17.7 Å². The van der Waals surface area contributed by atoms with Crippen molar-refractivity contribution >= 4 is 17.4 Å². The van der Waals surface area contributed by atoms with Crippen LogP contribution in [0.2, 0.25) is 0 Å². The first kappa shape index (κ1) is 24.7. The third-order valence-corrected chi connectivity index (χ3v) is 6.28. The van der Waals surface area contributed by atoms with E-state index < -0.39 is 12.0 Å². The van der Waals surface area contributed by atoms with Crippen LogP contribution in [0.5, 0.6) is 5.75 Å². The lowest BCUT2D eigenvalue weighted by Crippen LogP contribution is -2.43. The van der Waals surface area contributed by atoms with Gasteiger partial charge in [0.05, 0.1) is 13.2 Å². The summed E-state index contributed by atoms with van der Waals surface area (Å²) < 4.78 is 45.7. The van der Waals surface area contributed by atoms with Crippen molar-refractivity contribution < 1.29 is 22.7 Å². The molecule has 0 radical (unpaired) electrons. The van der Waals surface area contributed by atoms with E-state index in [1.165, 1.54) is 6.07 Å². The molecule has 4 rings (SSSR count). The molecule has 1 aliphatic rings. The van der Waals surface area contributed by atoms with Crippen LogP contribution in [0.1, 0.15) is 30.3 Å². The highest BCUT2D eigenvalue weighted by molar-refractivity contribution is 5.79. The summed E-state index contributed by atoms with van der Waals surface area (Å²) in [7, 11) is 5.52. The minimum atomic E-state index is -4.65. The van der Waals surface area contributed by atoms with Crippen molar-refractivity contribution in [3.63, 3.8) is 0 Å². The Balaban J connectivity index is 1.37. The number of amides is 1. The number of halogens is 3. The van der Waals surface area contributed by atoms with E-state index in [-0.39, 0.29) is 23.5 Å². The summed E-state index contributed by atoms with van der Waals surface area (Å²) in [6.07, 6.45) is -3.51. The van der Waals surface area contributed by atoms with E-state index in [2.05, 4.69) is 20.6 Å². The van der Waals surface area contributed by atoms with Crippen LogP contribution in [0, 0.1) is 5.92 Å². The van der Waals surface area contributed by atoms with Gasteiger partial charge in [-0.05, 0) is 45.1 Å². The maximum absolute atomic E-state index is 13.2. The van der Waals surface area contributed by atoms with E-state index in [9.17, 15) is 18.0 Å². The molecular formula is C23H28F3N7O2. The number of hydrogen-bond acceptors (Lipinski definition) is 7. The zero-order chi connectivity index (χ0) is 25.2. The van der Waals surface area contributed by atoms with Crippen LogP contribution < -0.4 is 15.0 Å². The Kier molecular flexibility index (Phi) is 7.10. The maximum atomic E-state index is 13.2. The van der Waals surface area contributed by atoms with Gasteiger partial charge in [-0.25, -0.2) is 0 Å². The number of para-hydroxylation sites is 1. The maximum Gasteiger partial charge on any atom is 0.453 e. The van der Waals surface area contributed by atoms with Crippen LogP contribution in [-0.2, 0) is 11.0 Å². The first-order valence-corrected chi connectivity index (χ1v) is 11.3. The standard InChI is InChI=1S/C23H28F3N7O2/c1-31(2)17(16-6-4-5-7-18(16)35-3)14-27-21(34)15-10-12-32(13-11-15)20-9-8-19-28-29-22(23(24,25)26)33(19)30-20/h4-9,15,17H,10-14H2,1-3H3,(H,27,34)/t17-/m0/s1. The minimum absolute atomic E-state index is 0.0285. The second-order valence-electron chi connectivity index (χ2n) is 8.71. The number of hydrogen-bond donors (Lipinski definition) is 1.